The number of ether oxygens (including phenoxy) is 1. The molecule has 2 N–H and O–H groups in total. The van der Waals surface area contributed by atoms with E-state index in [0.29, 0.717) is 24.0 Å². The summed E-state index contributed by atoms with van der Waals surface area (Å²) < 4.78 is 32.9. The Morgan fingerprint density at radius 3 is 2.52 bits per heavy atom. The van der Waals surface area contributed by atoms with Crippen molar-refractivity contribution < 1.29 is 13.2 Å². The Labute approximate surface area is 150 Å². The summed E-state index contributed by atoms with van der Waals surface area (Å²) in [6.45, 7) is 3.15. The fraction of sp³-hybridized carbons (Fsp3) is 0.579. The number of rotatable bonds is 6. The molecule has 5 nitrogen and oxygen atoms in total. The number of nitrogens with zero attached hydrogens (tertiary/aromatic N) is 1. The molecule has 0 unspecified atom stereocenters. The molecule has 1 aromatic carbocycles. The molecule has 2 fully saturated rings. The van der Waals surface area contributed by atoms with Crippen LogP contribution in [0, 0.1) is 5.92 Å². The van der Waals surface area contributed by atoms with Crippen LogP contribution in [0.1, 0.15) is 49.8 Å². The normalized spacial score (nSPS) is 21.1. The number of sulfonamides is 1. The predicted octanol–water partition coefficient (Wildman–Crippen LogP) is 2.93. The van der Waals surface area contributed by atoms with E-state index in [4.69, 9.17) is 10.5 Å². The Morgan fingerprint density at radius 2 is 1.92 bits per heavy atom. The highest BCUT2D eigenvalue weighted by Gasteiger charge is 2.29. The minimum Gasteiger partial charge on any atom is -0.381 e. The van der Waals surface area contributed by atoms with Gasteiger partial charge in [0.15, 0.2) is 0 Å². The topological polar surface area (TPSA) is 72.6 Å². The molecule has 0 aromatic heterocycles. The van der Waals surface area contributed by atoms with Crippen molar-refractivity contribution in [2.75, 3.05) is 20.3 Å². The zero-order valence-corrected chi connectivity index (χ0v) is 15.8. The van der Waals surface area contributed by atoms with Crippen LogP contribution in [0.2, 0.25) is 0 Å². The van der Waals surface area contributed by atoms with Gasteiger partial charge in [0.25, 0.3) is 0 Å². The van der Waals surface area contributed by atoms with Crippen LogP contribution in [0.5, 0.6) is 0 Å². The van der Waals surface area contributed by atoms with E-state index in [2.05, 4.69) is 6.08 Å². The molecule has 1 aliphatic carbocycles. The summed E-state index contributed by atoms with van der Waals surface area (Å²) in [6.07, 6.45) is 8.11. The molecule has 1 aliphatic heterocycles. The maximum atomic E-state index is 13.0. The molecule has 138 valence electrons. The molecule has 0 amide bonds. The van der Waals surface area contributed by atoms with E-state index in [-0.39, 0.29) is 12.1 Å². The van der Waals surface area contributed by atoms with Gasteiger partial charge in [0.1, 0.15) is 0 Å². The fourth-order valence-electron chi connectivity index (χ4n) is 3.21. The zero-order chi connectivity index (χ0) is 18.0. The zero-order valence-electron chi connectivity index (χ0n) is 15.0. The Bertz CT molecular complexity index is 733. The lowest BCUT2D eigenvalue weighted by molar-refractivity contribution is 0.0632. The fourth-order valence-corrected chi connectivity index (χ4v) is 4.66. The molecule has 1 heterocycles. The van der Waals surface area contributed by atoms with Crippen molar-refractivity contribution in [1.82, 2.24) is 4.31 Å². The van der Waals surface area contributed by atoms with Gasteiger partial charge >= 0.3 is 0 Å². The molecule has 1 atom stereocenters. The van der Waals surface area contributed by atoms with Crippen molar-refractivity contribution in [1.29, 1.82) is 0 Å². The molecule has 1 saturated heterocycles. The second-order valence-corrected chi connectivity index (χ2v) is 9.14. The van der Waals surface area contributed by atoms with Crippen LogP contribution in [0.15, 0.2) is 29.2 Å². The quantitative estimate of drug-likeness (QED) is 0.842. The van der Waals surface area contributed by atoms with E-state index in [1.165, 1.54) is 17.1 Å². The summed E-state index contributed by atoms with van der Waals surface area (Å²) in [7, 11) is -1.85. The molecule has 25 heavy (non-hydrogen) atoms. The number of benzene rings is 1. The maximum absolute atomic E-state index is 13.0. The predicted molar refractivity (Wildman–Crippen MR) is 99.6 cm³/mol. The second-order valence-electron chi connectivity index (χ2n) is 7.14. The first kappa shape index (κ1) is 18.6. The highest BCUT2D eigenvalue weighted by Crippen LogP contribution is 2.32. The van der Waals surface area contributed by atoms with Gasteiger partial charge in [0.2, 0.25) is 10.0 Å². The highest BCUT2D eigenvalue weighted by atomic mass is 32.2. The lowest BCUT2D eigenvalue weighted by Gasteiger charge is -2.30. The molecular weight excluding hydrogens is 336 g/mol. The number of hydrogen-bond acceptors (Lipinski definition) is 4. The largest absolute Gasteiger partial charge is 0.381 e. The summed E-state index contributed by atoms with van der Waals surface area (Å²) in [6, 6.07) is 5.16. The van der Waals surface area contributed by atoms with Gasteiger partial charge in [0, 0.05) is 32.3 Å². The van der Waals surface area contributed by atoms with Crippen molar-refractivity contribution in [2.24, 2.45) is 11.7 Å². The van der Waals surface area contributed by atoms with Gasteiger partial charge in [-0.3, -0.25) is 0 Å². The molecule has 0 radical (unpaired) electrons. The minimum atomic E-state index is -3.52. The summed E-state index contributed by atoms with van der Waals surface area (Å²) in [5.74, 6) is 0.631. The minimum absolute atomic E-state index is 0.00249. The van der Waals surface area contributed by atoms with E-state index in [1.54, 1.807) is 19.2 Å². The third-order valence-corrected chi connectivity index (χ3v) is 7.01. The third kappa shape index (κ3) is 4.31. The Hall–Kier alpha value is -1.21. The lowest BCUT2D eigenvalue weighted by atomic mass is 10.0. The number of allylic oxidation sites excluding steroid dienone is 1. The van der Waals surface area contributed by atoms with Gasteiger partial charge in [0.05, 0.1) is 4.90 Å². The van der Waals surface area contributed by atoms with Crippen molar-refractivity contribution in [3.63, 3.8) is 0 Å². The van der Waals surface area contributed by atoms with Gasteiger partial charge in [-0.25, -0.2) is 8.42 Å². The molecule has 1 saturated carbocycles. The SMILES string of the molecule is C[C@@H](N)c1ccc(S(=O)(=O)N(C)C2CCOCC2)cc1/C=C/C1CC1. The molecule has 0 bridgehead atoms. The van der Waals surface area contributed by atoms with E-state index in [9.17, 15) is 8.42 Å². The highest BCUT2D eigenvalue weighted by molar-refractivity contribution is 7.89. The first-order valence-corrected chi connectivity index (χ1v) is 10.5. The van der Waals surface area contributed by atoms with E-state index >= 15 is 0 Å². The molecular formula is C19H28N2O3S. The Balaban J connectivity index is 1.90. The first-order valence-electron chi connectivity index (χ1n) is 9.03. The van der Waals surface area contributed by atoms with Gasteiger partial charge in [-0.05, 0) is 61.8 Å². The summed E-state index contributed by atoms with van der Waals surface area (Å²) in [4.78, 5) is 0.335. The lowest BCUT2D eigenvalue weighted by Crippen LogP contribution is -2.40. The number of nitrogens with two attached hydrogens (primary N) is 1. The molecule has 6 heteroatoms. The number of hydrogen-bond donors (Lipinski definition) is 1. The van der Waals surface area contributed by atoms with Gasteiger partial charge < -0.3 is 10.5 Å². The van der Waals surface area contributed by atoms with E-state index < -0.39 is 10.0 Å². The van der Waals surface area contributed by atoms with E-state index in [1.807, 2.05) is 19.1 Å². The third-order valence-electron chi connectivity index (χ3n) is 5.10. The van der Waals surface area contributed by atoms with Crippen LogP contribution in [0.4, 0.5) is 0 Å². The van der Waals surface area contributed by atoms with Crippen molar-refractivity contribution in [2.45, 2.75) is 49.6 Å². The van der Waals surface area contributed by atoms with Crippen LogP contribution >= 0.6 is 0 Å². The average molecular weight is 365 g/mol. The Kier molecular flexibility index (Phi) is 5.63. The van der Waals surface area contributed by atoms with Gasteiger partial charge in [-0.1, -0.05) is 18.2 Å². The van der Waals surface area contributed by atoms with Gasteiger partial charge in [-0.2, -0.15) is 4.31 Å². The van der Waals surface area contributed by atoms with Crippen molar-refractivity contribution >= 4 is 16.1 Å². The molecule has 2 aliphatic rings. The second kappa shape index (κ2) is 7.58. The van der Waals surface area contributed by atoms with Crippen LogP contribution in [0.25, 0.3) is 6.08 Å². The standard InChI is InChI=1S/C19H28N2O3S/c1-14(20)19-8-7-18(13-16(19)6-5-15-3-4-15)25(22,23)21(2)17-9-11-24-12-10-17/h5-8,13-15,17H,3-4,9-12,20H2,1-2H3/b6-5+/t14-/m1/s1. The summed E-state index contributed by atoms with van der Waals surface area (Å²) in [5, 5.41) is 0. The molecule has 0 spiro atoms. The molecule has 3 rings (SSSR count). The first-order chi connectivity index (χ1) is 11.9. The summed E-state index contributed by atoms with van der Waals surface area (Å²) >= 11 is 0. The van der Waals surface area contributed by atoms with Crippen LogP contribution in [-0.4, -0.2) is 39.0 Å². The van der Waals surface area contributed by atoms with Crippen molar-refractivity contribution in [3.8, 4) is 0 Å². The van der Waals surface area contributed by atoms with Crippen molar-refractivity contribution in [3.05, 3.63) is 35.4 Å². The van der Waals surface area contributed by atoms with Crippen LogP contribution in [-0.2, 0) is 14.8 Å². The van der Waals surface area contributed by atoms with E-state index in [0.717, 1.165) is 24.0 Å². The maximum Gasteiger partial charge on any atom is 0.243 e. The average Bonchev–Trinajstić information content (AvgIpc) is 3.44. The van der Waals surface area contributed by atoms with Gasteiger partial charge in [-0.15, -0.1) is 0 Å². The summed E-state index contributed by atoms with van der Waals surface area (Å²) in [5.41, 5.74) is 7.95. The van der Waals surface area contributed by atoms with Crippen LogP contribution in [0.3, 0.4) is 0 Å². The monoisotopic (exact) mass is 364 g/mol. The smallest absolute Gasteiger partial charge is 0.243 e. The Morgan fingerprint density at radius 1 is 1.24 bits per heavy atom. The van der Waals surface area contributed by atoms with Crippen LogP contribution < -0.4 is 5.73 Å². The molecule has 1 aromatic rings.